The minimum atomic E-state index is -0.433. The van der Waals surface area contributed by atoms with Gasteiger partial charge < -0.3 is 4.90 Å². The number of aromatic nitrogens is 3. The highest BCUT2D eigenvalue weighted by Gasteiger charge is 2.41. The van der Waals surface area contributed by atoms with Crippen LogP contribution in [-0.4, -0.2) is 27.7 Å². The number of carbonyl (C=O) groups is 1. The smallest absolute Gasteiger partial charge is 0.230 e. The molecule has 1 amide bonds. The molecule has 21 heavy (non-hydrogen) atoms. The first-order chi connectivity index (χ1) is 9.97. The van der Waals surface area contributed by atoms with E-state index in [1.165, 1.54) is 16.9 Å². The molecule has 110 valence electrons. The fourth-order valence-corrected chi connectivity index (χ4v) is 2.80. The highest BCUT2D eigenvalue weighted by Crippen LogP contribution is 2.40. The van der Waals surface area contributed by atoms with E-state index >= 15 is 0 Å². The number of carbonyl (C=O) groups excluding carboxylic acids is 1. The Labute approximate surface area is 129 Å². The van der Waals surface area contributed by atoms with Gasteiger partial charge in [-0.05, 0) is 28.3 Å². The van der Waals surface area contributed by atoms with Crippen LogP contribution in [0.5, 0.6) is 0 Å². The minimum Gasteiger partial charge on any atom is -0.311 e. The number of halogens is 2. The Bertz CT molecular complexity index is 702. The average Bonchev–Trinajstić information content (AvgIpc) is 3.05. The molecule has 1 saturated carbocycles. The summed E-state index contributed by atoms with van der Waals surface area (Å²) in [7, 11) is 1.73. The van der Waals surface area contributed by atoms with Crippen molar-refractivity contribution in [2.45, 2.75) is 13.3 Å². The molecule has 1 fully saturated rings. The van der Waals surface area contributed by atoms with Gasteiger partial charge in [0.1, 0.15) is 5.82 Å². The van der Waals surface area contributed by atoms with Crippen LogP contribution in [0, 0.1) is 17.7 Å². The van der Waals surface area contributed by atoms with Crippen molar-refractivity contribution in [3.8, 4) is 5.69 Å². The van der Waals surface area contributed by atoms with Crippen molar-refractivity contribution >= 4 is 27.5 Å². The SMILES string of the molecule is CC1CC1C(=O)N(C)c1cn(-c2cncc(F)c2)nc1Br. The van der Waals surface area contributed by atoms with Crippen molar-refractivity contribution in [1.82, 2.24) is 14.8 Å². The van der Waals surface area contributed by atoms with Crippen molar-refractivity contribution in [2.75, 3.05) is 11.9 Å². The van der Waals surface area contributed by atoms with E-state index in [1.807, 2.05) is 0 Å². The summed E-state index contributed by atoms with van der Waals surface area (Å²) in [6.07, 6.45) is 5.26. The summed E-state index contributed by atoms with van der Waals surface area (Å²) in [5.41, 5.74) is 1.16. The van der Waals surface area contributed by atoms with Gasteiger partial charge >= 0.3 is 0 Å². The van der Waals surface area contributed by atoms with Crippen molar-refractivity contribution < 1.29 is 9.18 Å². The quantitative estimate of drug-likeness (QED) is 0.853. The molecule has 2 atom stereocenters. The molecule has 0 saturated heterocycles. The number of nitrogens with zero attached hydrogens (tertiary/aromatic N) is 4. The van der Waals surface area contributed by atoms with Gasteiger partial charge in [0.2, 0.25) is 5.91 Å². The van der Waals surface area contributed by atoms with Gasteiger partial charge in [-0.2, -0.15) is 5.10 Å². The molecule has 2 aromatic heterocycles. The van der Waals surface area contributed by atoms with Crippen LogP contribution in [0.15, 0.2) is 29.3 Å². The van der Waals surface area contributed by atoms with Gasteiger partial charge in [-0.1, -0.05) is 6.92 Å². The maximum atomic E-state index is 13.2. The zero-order chi connectivity index (χ0) is 15.1. The fraction of sp³-hybridized carbons (Fsp3) is 0.357. The van der Waals surface area contributed by atoms with E-state index in [9.17, 15) is 9.18 Å². The molecule has 0 bridgehead atoms. The predicted molar refractivity (Wildman–Crippen MR) is 79.7 cm³/mol. The normalized spacial score (nSPS) is 20.4. The zero-order valence-corrected chi connectivity index (χ0v) is 13.2. The first-order valence-electron chi connectivity index (χ1n) is 6.61. The lowest BCUT2D eigenvalue weighted by Gasteiger charge is -2.15. The number of anilines is 1. The number of hydrogen-bond donors (Lipinski definition) is 0. The molecule has 1 aliphatic rings. The topological polar surface area (TPSA) is 51.0 Å². The van der Waals surface area contributed by atoms with Crippen LogP contribution in [0.3, 0.4) is 0 Å². The van der Waals surface area contributed by atoms with Gasteiger partial charge in [0.05, 0.1) is 30.0 Å². The highest BCUT2D eigenvalue weighted by atomic mass is 79.9. The third-order valence-electron chi connectivity index (χ3n) is 3.73. The Morgan fingerprint density at radius 2 is 2.24 bits per heavy atom. The van der Waals surface area contributed by atoms with Crippen LogP contribution < -0.4 is 4.90 Å². The molecule has 2 heterocycles. The summed E-state index contributed by atoms with van der Waals surface area (Å²) >= 11 is 3.35. The van der Waals surface area contributed by atoms with E-state index in [0.717, 1.165) is 12.6 Å². The Morgan fingerprint density at radius 3 is 2.86 bits per heavy atom. The summed E-state index contributed by atoms with van der Waals surface area (Å²) in [5, 5.41) is 4.26. The standard InChI is InChI=1S/C14H14BrFN4O/c1-8-3-11(8)14(21)19(2)12-7-20(18-13(12)15)10-4-9(16)5-17-6-10/h4-8,11H,3H2,1-2H3. The van der Waals surface area contributed by atoms with Crippen LogP contribution in [-0.2, 0) is 4.79 Å². The van der Waals surface area contributed by atoms with E-state index in [2.05, 4.69) is 32.9 Å². The number of pyridine rings is 1. The van der Waals surface area contributed by atoms with E-state index < -0.39 is 5.82 Å². The first kappa shape index (κ1) is 14.2. The monoisotopic (exact) mass is 352 g/mol. The van der Waals surface area contributed by atoms with Crippen LogP contribution in [0.25, 0.3) is 5.69 Å². The van der Waals surface area contributed by atoms with Crippen LogP contribution in [0.4, 0.5) is 10.1 Å². The van der Waals surface area contributed by atoms with Crippen molar-refractivity contribution in [3.63, 3.8) is 0 Å². The Balaban J connectivity index is 1.89. The Hall–Kier alpha value is -1.76. The maximum Gasteiger partial charge on any atom is 0.230 e. The van der Waals surface area contributed by atoms with Crippen molar-refractivity contribution in [1.29, 1.82) is 0 Å². The molecule has 0 radical (unpaired) electrons. The maximum absolute atomic E-state index is 13.2. The van der Waals surface area contributed by atoms with Gasteiger partial charge in [0.15, 0.2) is 4.60 Å². The molecular weight excluding hydrogens is 339 g/mol. The lowest BCUT2D eigenvalue weighted by molar-refractivity contribution is -0.119. The van der Waals surface area contributed by atoms with Crippen molar-refractivity contribution in [2.24, 2.45) is 11.8 Å². The van der Waals surface area contributed by atoms with Crippen molar-refractivity contribution in [3.05, 3.63) is 35.1 Å². The molecule has 0 spiro atoms. The van der Waals surface area contributed by atoms with E-state index in [1.54, 1.807) is 18.1 Å². The lowest BCUT2D eigenvalue weighted by Crippen LogP contribution is -2.28. The highest BCUT2D eigenvalue weighted by molar-refractivity contribution is 9.10. The van der Waals surface area contributed by atoms with Gasteiger partial charge in [-0.15, -0.1) is 0 Å². The minimum absolute atomic E-state index is 0.0834. The van der Waals surface area contributed by atoms with Crippen LogP contribution >= 0.6 is 15.9 Å². The molecule has 2 unspecified atom stereocenters. The molecule has 3 rings (SSSR count). The largest absolute Gasteiger partial charge is 0.311 e. The number of hydrogen-bond acceptors (Lipinski definition) is 3. The second-order valence-electron chi connectivity index (χ2n) is 5.33. The zero-order valence-electron chi connectivity index (χ0n) is 11.6. The van der Waals surface area contributed by atoms with Gasteiger partial charge in [0, 0.05) is 19.0 Å². The summed E-state index contributed by atoms with van der Waals surface area (Å²) in [5.74, 6) is 0.194. The molecule has 5 nitrogen and oxygen atoms in total. The third kappa shape index (κ3) is 2.70. The molecule has 0 N–H and O–H groups in total. The third-order valence-corrected chi connectivity index (χ3v) is 4.29. The summed E-state index contributed by atoms with van der Waals surface area (Å²) in [6, 6.07) is 1.33. The molecule has 7 heteroatoms. The van der Waals surface area contributed by atoms with Gasteiger partial charge in [-0.25, -0.2) is 9.07 Å². The van der Waals surface area contributed by atoms with E-state index in [-0.39, 0.29) is 11.8 Å². The number of rotatable bonds is 3. The summed E-state index contributed by atoms with van der Waals surface area (Å²) in [4.78, 5) is 17.7. The van der Waals surface area contributed by atoms with E-state index in [4.69, 9.17) is 0 Å². The molecular formula is C14H14BrFN4O. The second kappa shape index (κ2) is 5.22. The van der Waals surface area contributed by atoms with Crippen LogP contribution in [0.2, 0.25) is 0 Å². The summed E-state index contributed by atoms with van der Waals surface area (Å²) < 4.78 is 15.3. The average molecular weight is 353 g/mol. The predicted octanol–water partition coefficient (Wildman–Crippen LogP) is 2.79. The van der Waals surface area contributed by atoms with Crippen LogP contribution in [0.1, 0.15) is 13.3 Å². The van der Waals surface area contributed by atoms with E-state index in [0.29, 0.717) is 21.9 Å². The van der Waals surface area contributed by atoms with Gasteiger partial charge in [0.25, 0.3) is 0 Å². The van der Waals surface area contributed by atoms with Gasteiger partial charge in [-0.3, -0.25) is 9.78 Å². The Morgan fingerprint density at radius 1 is 1.52 bits per heavy atom. The Kier molecular flexibility index (Phi) is 3.52. The molecule has 1 aliphatic carbocycles. The first-order valence-corrected chi connectivity index (χ1v) is 7.40. The lowest BCUT2D eigenvalue weighted by atomic mass is 10.3. The number of amides is 1. The summed E-state index contributed by atoms with van der Waals surface area (Å²) in [6.45, 7) is 2.06. The molecule has 2 aromatic rings. The second-order valence-corrected chi connectivity index (χ2v) is 6.08. The fourth-order valence-electron chi connectivity index (χ4n) is 2.26. The molecule has 0 aliphatic heterocycles. The molecule has 0 aromatic carbocycles.